The van der Waals surface area contributed by atoms with Gasteiger partial charge >= 0.3 is 0 Å². The van der Waals surface area contributed by atoms with E-state index in [9.17, 15) is 8.42 Å². The van der Waals surface area contributed by atoms with Gasteiger partial charge in [-0.3, -0.25) is 0 Å². The third-order valence-electron chi connectivity index (χ3n) is 2.45. The summed E-state index contributed by atoms with van der Waals surface area (Å²) in [5.74, 6) is 0. The van der Waals surface area contributed by atoms with E-state index in [0.29, 0.717) is 5.71 Å². The molecule has 0 spiro atoms. The highest BCUT2D eigenvalue weighted by molar-refractivity contribution is 14.1. The quantitative estimate of drug-likeness (QED) is 0.591. The minimum atomic E-state index is -3.61. The minimum absolute atomic E-state index is 0.00946. The van der Waals surface area contributed by atoms with Crippen LogP contribution in [-0.4, -0.2) is 18.1 Å². The van der Waals surface area contributed by atoms with E-state index in [1.807, 2.05) is 19.1 Å². The average molecular weight is 373 g/mol. The molecule has 1 atom stereocenters. The van der Waals surface area contributed by atoms with Crippen molar-refractivity contribution in [2.75, 3.05) is 0 Å². The van der Waals surface area contributed by atoms with E-state index in [-0.39, 0.29) is 8.82 Å². The zero-order chi connectivity index (χ0) is 13.2. The molecule has 2 rings (SSSR count). The first-order chi connectivity index (χ1) is 8.49. The first kappa shape index (κ1) is 13.5. The molecule has 0 aromatic heterocycles. The van der Waals surface area contributed by atoms with E-state index in [0.717, 1.165) is 5.57 Å². The lowest BCUT2D eigenvalue weighted by atomic mass is 10.1. The van der Waals surface area contributed by atoms with Crippen molar-refractivity contribution in [1.82, 2.24) is 0 Å². The summed E-state index contributed by atoms with van der Waals surface area (Å²) in [5, 5.41) is 0. The number of nitrogens with zero attached hydrogens (tertiary/aromatic N) is 1. The fourth-order valence-corrected chi connectivity index (χ4v) is 3.32. The number of sulfonamides is 1. The van der Waals surface area contributed by atoms with Crippen LogP contribution in [0.4, 0.5) is 0 Å². The standard InChI is InChI=1S/C13H12INO2S/c1-10-7-8-12(14)13(9-10)15-18(16,17)11-5-3-2-4-6-11/h2-9,12H,1H3. The van der Waals surface area contributed by atoms with Gasteiger partial charge in [-0.15, -0.1) is 0 Å². The predicted molar refractivity (Wildman–Crippen MR) is 81.8 cm³/mol. The largest absolute Gasteiger partial charge is 0.282 e. The van der Waals surface area contributed by atoms with E-state index >= 15 is 0 Å². The second kappa shape index (κ2) is 5.36. The predicted octanol–water partition coefficient (Wildman–Crippen LogP) is 3.14. The SMILES string of the molecule is CC1=CC(=NS(=O)(=O)c2ccccc2)C(I)C=C1. The highest BCUT2D eigenvalue weighted by Gasteiger charge is 2.17. The summed E-state index contributed by atoms with van der Waals surface area (Å²) >= 11 is 2.16. The van der Waals surface area contributed by atoms with Crippen molar-refractivity contribution in [3.05, 3.63) is 54.1 Å². The molecule has 0 saturated carbocycles. The highest BCUT2D eigenvalue weighted by atomic mass is 127. The summed E-state index contributed by atoms with van der Waals surface area (Å²) in [6.45, 7) is 1.92. The molecule has 1 unspecified atom stereocenters. The first-order valence-corrected chi connectivity index (χ1v) is 8.08. The molecule has 0 fully saturated rings. The zero-order valence-electron chi connectivity index (χ0n) is 9.75. The summed E-state index contributed by atoms with van der Waals surface area (Å²) in [4.78, 5) is 0.224. The van der Waals surface area contributed by atoms with Crippen LogP contribution in [-0.2, 0) is 10.0 Å². The molecular formula is C13H12INO2S. The van der Waals surface area contributed by atoms with Crippen molar-refractivity contribution >= 4 is 38.3 Å². The number of allylic oxidation sites excluding steroid dienone is 4. The molecule has 18 heavy (non-hydrogen) atoms. The Kier molecular flexibility index (Phi) is 4.01. The fourth-order valence-electron chi connectivity index (χ4n) is 1.56. The maximum atomic E-state index is 12.1. The van der Waals surface area contributed by atoms with Crippen LogP contribution in [0.2, 0.25) is 0 Å². The average Bonchev–Trinajstić information content (AvgIpc) is 2.35. The Morgan fingerprint density at radius 1 is 1.22 bits per heavy atom. The Hall–Kier alpha value is -0.950. The van der Waals surface area contributed by atoms with Crippen LogP contribution >= 0.6 is 22.6 Å². The molecule has 3 nitrogen and oxygen atoms in total. The van der Waals surface area contributed by atoms with Gasteiger partial charge in [-0.1, -0.05) is 52.9 Å². The molecule has 0 bridgehead atoms. The monoisotopic (exact) mass is 373 g/mol. The van der Waals surface area contributed by atoms with Crippen LogP contribution in [0.25, 0.3) is 0 Å². The maximum absolute atomic E-state index is 12.1. The zero-order valence-corrected chi connectivity index (χ0v) is 12.7. The summed E-state index contributed by atoms with van der Waals surface area (Å²) in [7, 11) is -3.61. The number of benzene rings is 1. The molecular weight excluding hydrogens is 361 g/mol. The van der Waals surface area contributed by atoms with E-state index in [2.05, 4.69) is 27.0 Å². The van der Waals surface area contributed by atoms with E-state index in [1.54, 1.807) is 36.4 Å². The molecule has 0 N–H and O–H groups in total. The number of rotatable bonds is 2. The van der Waals surface area contributed by atoms with Gasteiger partial charge in [0.25, 0.3) is 10.0 Å². The Labute approximate surface area is 121 Å². The highest BCUT2D eigenvalue weighted by Crippen LogP contribution is 2.19. The topological polar surface area (TPSA) is 46.5 Å². The Balaban J connectivity index is 2.42. The third-order valence-corrected chi connectivity index (χ3v) is 4.83. The molecule has 1 aliphatic carbocycles. The molecule has 1 aromatic rings. The van der Waals surface area contributed by atoms with Crippen LogP contribution < -0.4 is 0 Å². The van der Waals surface area contributed by atoms with Gasteiger partial charge in [0.2, 0.25) is 0 Å². The molecule has 0 aliphatic heterocycles. The van der Waals surface area contributed by atoms with Gasteiger partial charge in [-0.25, -0.2) is 0 Å². The second-order valence-electron chi connectivity index (χ2n) is 3.95. The van der Waals surface area contributed by atoms with Crippen LogP contribution in [0.15, 0.2) is 63.4 Å². The molecule has 1 aromatic carbocycles. The van der Waals surface area contributed by atoms with Crippen molar-refractivity contribution in [2.24, 2.45) is 4.40 Å². The van der Waals surface area contributed by atoms with Crippen LogP contribution in [0.3, 0.4) is 0 Å². The lowest BCUT2D eigenvalue weighted by Gasteiger charge is -2.11. The van der Waals surface area contributed by atoms with Crippen molar-refractivity contribution in [3.63, 3.8) is 0 Å². The first-order valence-electron chi connectivity index (χ1n) is 5.39. The van der Waals surface area contributed by atoms with Gasteiger partial charge in [0, 0.05) is 0 Å². The smallest absolute Gasteiger partial charge is 0.199 e. The van der Waals surface area contributed by atoms with Crippen LogP contribution in [0, 0.1) is 0 Å². The van der Waals surface area contributed by atoms with Crippen molar-refractivity contribution in [3.8, 4) is 0 Å². The number of hydrogen-bond donors (Lipinski definition) is 0. The summed E-state index contributed by atoms with van der Waals surface area (Å²) in [5.41, 5.74) is 1.57. The van der Waals surface area contributed by atoms with E-state index < -0.39 is 10.0 Å². The van der Waals surface area contributed by atoms with Crippen molar-refractivity contribution in [1.29, 1.82) is 0 Å². The molecule has 1 aliphatic rings. The Morgan fingerprint density at radius 3 is 2.56 bits per heavy atom. The summed E-state index contributed by atoms with van der Waals surface area (Å²) < 4.78 is 28.1. The Bertz CT molecular complexity index is 630. The van der Waals surface area contributed by atoms with Crippen molar-refractivity contribution < 1.29 is 8.42 Å². The van der Waals surface area contributed by atoms with E-state index in [1.165, 1.54) is 0 Å². The van der Waals surface area contributed by atoms with Gasteiger partial charge in [0.15, 0.2) is 0 Å². The molecule has 5 heteroatoms. The third kappa shape index (κ3) is 3.08. The molecule has 94 valence electrons. The van der Waals surface area contributed by atoms with Gasteiger partial charge in [-0.05, 0) is 30.7 Å². The summed E-state index contributed by atoms with van der Waals surface area (Å²) in [6.07, 6.45) is 5.71. The molecule has 0 amide bonds. The van der Waals surface area contributed by atoms with Gasteiger partial charge < -0.3 is 0 Å². The van der Waals surface area contributed by atoms with Crippen molar-refractivity contribution in [2.45, 2.75) is 15.7 Å². The molecule has 0 radical (unpaired) electrons. The van der Waals surface area contributed by atoms with Crippen LogP contribution in [0.1, 0.15) is 6.92 Å². The van der Waals surface area contributed by atoms with Gasteiger partial charge in [0.1, 0.15) is 0 Å². The van der Waals surface area contributed by atoms with E-state index in [4.69, 9.17) is 0 Å². The summed E-state index contributed by atoms with van der Waals surface area (Å²) in [6, 6.07) is 8.27. The van der Waals surface area contributed by atoms with Crippen LogP contribution in [0.5, 0.6) is 0 Å². The number of halogens is 1. The maximum Gasteiger partial charge on any atom is 0.282 e. The molecule has 0 heterocycles. The number of alkyl halides is 1. The number of hydrogen-bond acceptors (Lipinski definition) is 2. The molecule has 0 saturated heterocycles. The fraction of sp³-hybridized carbons (Fsp3) is 0.154. The minimum Gasteiger partial charge on any atom is -0.199 e. The lowest BCUT2D eigenvalue weighted by Crippen LogP contribution is -2.14. The second-order valence-corrected chi connectivity index (χ2v) is 6.90. The van der Waals surface area contributed by atoms with Gasteiger partial charge in [-0.2, -0.15) is 12.8 Å². The lowest BCUT2D eigenvalue weighted by molar-refractivity contribution is 0.598. The normalized spacial score (nSPS) is 22.0. The Morgan fingerprint density at radius 2 is 1.89 bits per heavy atom. The van der Waals surface area contributed by atoms with Gasteiger partial charge in [0.05, 0.1) is 14.5 Å².